The van der Waals surface area contributed by atoms with Crippen LogP contribution in [0.5, 0.6) is 5.75 Å². The number of hydrogen-bond donors (Lipinski definition) is 1. The summed E-state index contributed by atoms with van der Waals surface area (Å²) in [6.45, 7) is 0.199. The molecule has 1 unspecified atom stereocenters. The zero-order valence-electron chi connectivity index (χ0n) is 11.8. The van der Waals surface area contributed by atoms with Gasteiger partial charge in [-0.2, -0.15) is 0 Å². The van der Waals surface area contributed by atoms with Gasteiger partial charge in [0.25, 0.3) is 0 Å². The number of rotatable bonds is 8. The second kappa shape index (κ2) is 7.03. The number of nitro groups is 1. The zero-order chi connectivity index (χ0) is 15.2. The monoisotopic (exact) mass is 294 g/mol. The predicted molar refractivity (Wildman–Crippen MR) is 75.2 cm³/mol. The molecule has 1 aromatic rings. The van der Waals surface area contributed by atoms with E-state index in [0.717, 1.165) is 12.8 Å². The highest BCUT2D eigenvalue weighted by molar-refractivity contribution is 5.75. The van der Waals surface area contributed by atoms with Crippen LogP contribution in [-0.2, 0) is 9.53 Å². The first kappa shape index (κ1) is 15.2. The van der Waals surface area contributed by atoms with Crippen LogP contribution in [0.25, 0.3) is 0 Å². The quantitative estimate of drug-likeness (QED) is 0.445. The largest absolute Gasteiger partial charge is 0.487 e. The fourth-order valence-electron chi connectivity index (χ4n) is 1.96. The first-order chi connectivity index (χ1) is 10.1. The van der Waals surface area contributed by atoms with Gasteiger partial charge in [-0.1, -0.05) is 12.1 Å². The minimum absolute atomic E-state index is 0.0812. The van der Waals surface area contributed by atoms with Gasteiger partial charge in [-0.15, -0.1) is 0 Å². The van der Waals surface area contributed by atoms with Gasteiger partial charge in [0, 0.05) is 18.5 Å². The van der Waals surface area contributed by atoms with Crippen LogP contribution in [0, 0.1) is 10.1 Å². The van der Waals surface area contributed by atoms with Crippen LogP contribution in [0.1, 0.15) is 19.3 Å². The number of hydrogen-bond acceptors (Lipinski definition) is 6. The molecule has 0 saturated heterocycles. The molecule has 0 amide bonds. The molecule has 0 spiro atoms. The van der Waals surface area contributed by atoms with Crippen molar-refractivity contribution in [3.8, 4) is 5.75 Å². The average molecular weight is 294 g/mol. The predicted octanol–water partition coefficient (Wildman–Crippen LogP) is 1.66. The van der Waals surface area contributed by atoms with E-state index < -0.39 is 11.0 Å². The molecular formula is C14H18N2O5. The van der Waals surface area contributed by atoms with Gasteiger partial charge >= 0.3 is 11.7 Å². The normalized spacial score (nSPS) is 15.3. The van der Waals surface area contributed by atoms with Crippen LogP contribution >= 0.6 is 0 Å². The Hall–Kier alpha value is -2.15. The molecule has 0 heterocycles. The number of nitrogens with zero attached hydrogens (tertiary/aromatic N) is 1. The smallest absolute Gasteiger partial charge is 0.322 e. The summed E-state index contributed by atoms with van der Waals surface area (Å²) in [5.41, 5.74) is -0.0812. The summed E-state index contributed by atoms with van der Waals surface area (Å²) in [5, 5.41) is 14.0. The highest BCUT2D eigenvalue weighted by Gasteiger charge is 2.29. The van der Waals surface area contributed by atoms with E-state index in [9.17, 15) is 14.9 Å². The zero-order valence-corrected chi connectivity index (χ0v) is 11.8. The number of ether oxygens (including phenoxy) is 2. The number of carbonyl (C=O) groups excluding carboxylic acids is 1. The highest BCUT2D eigenvalue weighted by atomic mass is 16.6. The first-order valence-electron chi connectivity index (χ1n) is 6.82. The van der Waals surface area contributed by atoms with Gasteiger partial charge in [0.15, 0.2) is 5.75 Å². The first-order valence-corrected chi connectivity index (χ1v) is 6.82. The molecule has 1 N–H and O–H groups in total. The number of carbonyl (C=O) groups is 1. The molecule has 0 aliphatic heterocycles. The summed E-state index contributed by atoms with van der Waals surface area (Å²) in [7, 11) is 1.34. The van der Waals surface area contributed by atoms with Crippen molar-refractivity contribution in [1.29, 1.82) is 0 Å². The molecule has 1 aliphatic rings. The molecule has 1 atom stereocenters. The summed E-state index contributed by atoms with van der Waals surface area (Å²) < 4.78 is 10.2. The summed E-state index contributed by atoms with van der Waals surface area (Å²) in [6, 6.07) is 6.10. The molecule has 1 saturated carbocycles. The van der Waals surface area contributed by atoms with Crippen LogP contribution in [-0.4, -0.2) is 36.7 Å². The van der Waals surface area contributed by atoms with Crippen molar-refractivity contribution in [3.05, 3.63) is 34.4 Å². The number of nitro benzene ring substituents is 1. The van der Waals surface area contributed by atoms with Crippen LogP contribution in [0.2, 0.25) is 0 Å². The van der Waals surface area contributed by atoms with Crippen LogP contribution in [0.3, 0.4) is 0 Å². The molecule has 21 heavy (non-hydrogen) atoms. The van der Waals surface area contributed by atoms with E-state index in [4.69, 9.17) is 9.47 Å². The van der Waals surface area contributed by atoms with Gasteiger partial charge in [-0.3, -0.25) is 14.9 Å². The third-order valence-corrected chi connectivity index (χ3v) is 3.23. The van der Waals surface area contributed by atoms with Crippen molar-refractivity contribution in [2.45, 2.75) is 31.3 Å². The Morgan fingerprint density at radius 2 is 2.19 bits per heavy atom. The van der Waals surface area contributed by atoms with Crippen molar-refractivity contribution in [3.63, 3.8) is 0 Å². The third-order valence-electron chi connectivity index (χ3n) is 3.23. The SMILES string of the molecule is COC(=O)C(CCOc1ccccc1[N+](=O)[O-])NC1CC1. The molecule has 0 aromatic heterocycles. The van der Waals surface area contributed by atoms with Gasteiger partial charge in [-0.25, -0.2) is 0 Å². The molecule has 0 bridgehead atoms. The number of esters is 1. The molecule has 2 rings (SSSR count). The van der Waals surface area contributed by atoms with Crippen LogP contribution < -0.4 is 10.1 Å². The molecule has 1 aromatic carbocycles. The van der Waals surface area contributed by atoms with E-state index in [-0.39, 0.29) is 24.0 Å². The Bertz CT molecular complexity index is 516. The second-order valence-electron chi connectivity index (χ2n) is 4.88. The van der Waals surface area contributed by atoms with E-state index >= 15 is 0 Å². The molecule has 0 radical (unpaired) electrons. The maximum Gasteiger partial charge on any atom is 0.322 e. The van der Waals surface area contributed by atoms with E-state index in [1.54, 1.807) is 18.2 Å². The number of benzene rings is 1. The lowest BCUT2D eigenvalue weighted by molar-refractivity contribution is -0.385. The molecule has 1 aliphatic carbocycles. The Morgan fingerprint density at radius 3 is 2.81 bits per heavy atom. The maximum atomic E-state index is 11.6. The Labute approximate surface area is 122 Å². The van der Waals surface area contributed by atoms with Gasteiger partial charge in [-0.05, 0) is 18.9 Å². The minimum Gasteiger partial charge on any atom is -0.487 e. The highest BCUT2D eigenvalue weighted by Crippen LogP contribution is 2.26. The van der Waals surface area contributed by atoms with E-state index in [0.29, 0.717) is 12.5 Å². The Kier molecular flexibility index (Phi) is 5.10. The standard InChI is InChI=1S/C14H18N2O5/c1-20-14(17)11(15-10-6-7-10)8-9-21-13-5-3-2-4-12(13)16(18)19/h2-5,10-11,15H,6-9H2,1H3. The Balaban J connectivity index is 1.89. The average Bonchev–Trinajstić information content (AvgIpc) is 3.29. The second-order valence-corrected chi connectivity index (χ2v) is 4.88. The van der Waals surface area contributed by atoms with E-state index in [1.165, 1.54) is 13.2 Å². The van der Waals surface area contributed by atoms with Crippen molar-refractivity contribution in [2.75, 3.05) is 13.7 Å². The number of para-hydroxylation sites is 2. The van der Waals surface area contributed by atoms with E-state index in [2.05, 4.69) is 5.32 Å². The van der Waals surface area contributed by atoms with Crippen LogP contribution in [0.4, 0.5) is 5.69 Å². The van der Waals surface area contributed by atoms with Gasteiger partial charge in [0.1, 0.15) is 6.04 Å². The lowest BCUT2D eigenvalue weighted by atomic mass is 10.2. The van der Waals surface area contributed by atoms with Gasteiger partial charge in [0.2, 0.25) is 0 Å². The van der Waals surface area contributed by atoms with E-state index in [1.807, 2.05) is 0 Å². The third kappa shape index (κ3) is 4.42. The minimum atomic E-state index is -0.491. The van der Waals surface area contributed by atoms with Gasteiger partial charge in [0.05, 0.1) is 18.6 Å². The molecule has 7 heteroatoms. The summed E-state index contributed by atoms with van der Waals surface area (Å²) >= 11 is 0. The van der Waals surface area contributed by atoms with Crippen molar-refractivity contribution in [2.24, 2.45) is 0 Å². The number of nitrogens with one attached hydrogen (secondary N) is 1. The lowest BCUT2D eigenvalue weighted by Crippen LogP contribution is -2.40. The van der Waals surface area contributed by atoms with Crippen LogP contribution in [0.15, 0.2) is 24.3 Å². The van der Waals surface area contributed by atoms with Crippen molar-refractivity contribution in [1.82, 2.24) is 5.32 Å². The summed E-state index contributed by atoms with van der Waals surface area (Å²) in [5.74, 6) is -0.134. The lowest BCUT2D eigenvalue weighted by Gasteiger charge is -2.16. The summed E-state index contributed by atoms with van der Waals surface area (Å²) in [6.07, 6.45) is 2.51. The summed E-state index contributed by atoms with van der Waals surface area (Å²) in [4.78, 5) is 22.0. The molecular weight excluding hydrogens is 276 g/mol. The Morgan fingerprint density at radius 1 is 1.48 bits per heavy atom. The van der Waals surface area contributed by atoms with Crippen molar-refractivity contribution >= 4 is 11.7 Å². The topological polar surface area (TPSA) is 90.7 Å². The maximum absolute atomic E-state index is 11.6. The molecule has 7 nitrogen and oxygen atoms in total. The van der Waals surface area contributed by atoms with Gasteiger partial charge < -0.3 is 14.8 Å². The number of methoxy groups -OCH3 is 1. The molecule has 114 valence electrons. The fraction of sp³-hybridized carbons (Fsp3) is 0.500. The fourth-order valence-corrected chi connectivity index (χ4v) is 1.96. The van der Waals surface area contributed by atoms with Crippen molar-refractivity contribution < 1.29 is 19.2 Å². The molecule has 1 fully saturated rings.